The number of allylic oxidation sites excluding steroid dienone is 2. The first-order valence-electron chi connectivity index (χ1n) is 1.61. The number of hydrogen-bond donors (Lipinski definition) is 0. The Morgan fingerprint density at radius 3 is 1.18 bits per heavy atom. The smallest absolute Gasteiger partial charge is 0.770 e. The predicted molar refractivity (Wildman–Crippen MR) is 36.6 cm³/mol. The van der Waals surface area contributed by atoms with E-state index in [0.29, 0.717) is 0 Å². The molecule has 0 radical (unpaired) electrons. The molecular weight excluding hydrogens is 202 g/mol. The number of nitriles is 2. The van der Waals surface area contributed by atoms with Gasteiger partial charge in [-0.2, -0.15) is 10.5 Å². The average Bonchev–Trinajstić information content (AvgIpc) is 1.84. The largest absolute Gasteiger partial charge is 1.00 e. The average molecular weight is 204 g/mol. The quantitative estimate of drug-likeness (QED) is 0.223. The molecule has 0 aromatic carbocycles. The second-order valence-corrected chi connectivity index (χ2v) is 1.70. The first-order valence-corrected chi connectivity index (χ1v) is 2.42. The minimum atomic E-state index is -0.109. The first kappa shape index (κ1) is 22.7. The standard InChI is InChI=1S/C4H2N2S2.2Na.H2O/c5-1-3(7)4(8)2-6;;;/h7-8H;;;1H2/q;2*+1;/p-2/b4-3+;;;. The van der Waals surface area contributed by atoms with Crippen molar-refractivity contribution in [2.75, 3.05) is 0 Å². The van der Waals surface area contributed by atoms with Crippen LogP contribution in [0.25, 0.3) is 0 Å². The van der Waals surface area contributed by atoms with Crippen molar-refractivity contribution >= 4 is 25.3 Å². The topological polar surface area (TPSA) is 79.1 Å². The maximum atomic E-state index is 8.01. The van der Waals surface area contributed by atoms with Gasteiger partial charge in [0.05, 0.1) is 12.1 Å². The summed E-state index contributed by atoms with van der Waals surface area (Å²) in [7, 11) is 0. The molecule has 0 aliphatic rings. The summed E-state index contributed by atoms with van der Waals surface area (Å²) in [6.45, 7) is 0. The van der Waals surface area contributed by atoms with Gasteiger partial charge in [-0.05, 0) is 0 Å². The van der Waals surface area contributed by atoms with Gasteiger partial charge >= 0.3 is 59.1 Å². The summed E-state index contributed by atoms with van der Waals surface area (Å²) in [6.07, 6.45) is 0. The molecule has 0 aliphatic carbocycles. The van der Waals surface area contributed by atoms with E-state index in [-0.39, 0.29) is 74.4 Å². The summed E-state index contributed by atoms with van der Waals surface area (Å²) in [5, 5.41) is 16.0. The summed E-state index contributed by atoms with van der Waals surface area (Å²) in [5.74, 6) is 0. The van der Waals surface area contributed by atoms with Crippen LogP contribution in [0.3, 0.4) is 0 Å². The fraction of sp³-hybridized carbons (Fsp3) is 0. The third-order valence-corrected chi connectivity index (χ3v) is 1.13. The van der Waals surface area contributed by atoms with Crippen LogP contribution >= 0.6 is 0 Å². The third kappa shape index (κ3) is 11.1. The van der Waals surface area contributed by atoms with Gasteiger partial charge in [0.25, 0.3) is 0 Å². The van der Waals surface area contributed by atoms with Gasteiger partial charge in [-0.25, -0.2) is 0 Å². The zero-order valence-electron chi connectivity index (χ0n) is 6.21. The Bertz CT molecular complexity index is 183. The zero-order chi connectivity index (χ0) is 6.57. The fourth-order valence-corrected chi connectivity index (χ4v) is 0.193. The molecule has 0 unspecified atom stereocenters. The number of nitrogens with zero attached hydrogens (tertiary/aromatic N) is 2. The van der Waals surface area contributed by atoms with Crippen molar-refractivity contribution in [3.05, 3.63) is 9.81 Å². The maximum absolute atomic E-state index is 8.01. The Kier molecular flexibility index (Phi) is 28.3. The molecule has 7 heteroatoms. The van der Waals surface area contributed by atoms with Crippen LogP contribution in [0.5, 0.6) is 0 Å². The molecular formula is C4H2N2Na2OS2. The van der Waals surface area contributed by atoms with Crippen molar-refractivity contribution in [2.24, 2.45) is 0 Å². The van der Waals surface area contributed by atoms with Crippen LogP contribution in [0.4, 0.5) is 0 Å². The maximum Gasteiger partial charge on any atom is 1.00 e. The summed E-state index contributed by atoms with van der Waals surface area (Å²) in [6, 6.07) is 3.17. The number of rotatable bonds is 0. The molecule has 0 fully saturated rings. The van der Waals surface area contributed by atoms with Crippen LogP contribution in [0.2, 0.25) is 0 Å². The molecule has 0 spiro atoms. The second-order valence-electron chi connectivity index (χ2n) is 0.882. The molecule has 0 rings (SSSR count). The summed E-state index contributed by atoms with van der Waals surface area (Å²) < 4.78 is 0. The molecule has 3 nitrogen and oxygen atoms in total. The van der Waals surface area contributed by atoms with Gasteiger partial charge in [0, 0.05) is 0 Å². The molecule has 0 heterocycles. The molecule has 0 bridgehead atoms. The van der Waals surface area contributed by atoms with Gasteiger partial charge < -0.3 is 30.7 Å². The molecule has 0 aliphatic heterocycles. The summed E-state index contributed by atoms with van der Waals surface area (Å²) in [5.41, 5.74) is 0. The fourth-order valence-electron chi connectivity index (χ4n) is 0.102. The summed E-state index contributed by atoms with van der Waals surface area (Å²) in [4.78, 5) is -0.218. The minimum Gasteiger partial charge on any atom is -0.770 e. The van der Waals surface area contributed by atoms with E-state index >= 15 is 0 Å². The van der Waals surface area contributed by atoms with Gasteiger partial charge in [-0.3, -0.25) is 0 Å². The van der Waals surface area contributed by atoms with Crippen molar-refractivity contribution < 1.29 is 64.6 Å². The van der Waals surface area contributed by atoms with Crippen molar-refractivity contribution in [1.29, 1.82) is 10.5 Å². The molecule has 0 saturated heterocycles. The van der Waals surface area contributed by atoms with Gasteiger partial charge in [0.1, 0.15) is 0 Å². The Labute approximate surface area is 121 Å². The van der Waals surface area contributed by atoms with Gasteiger partial charge in [-0.1, -0.05) is 0 Å². The van der Waals surface area contributed by atoms with Crippen molar-refractivity contribution in [1.82, 2.24) is 0 Å². The Morgan fingerprint density at radius 2 is 1.09 bits per heavy atom. The molecule has 0 aromatic rings. The Hall–Kier alpha value is 1.12. The van der Waals surface area contributed by atoms with Crippen LogP contribution in [0, 0.1) is 22.7 Å². The molecule has 0 atom stereocenters. The molecule has 2 N–H and O–H groups in total. The summed E-state index contributed by atoms with van der Waals surface area (Å²) >= 11 is 8.70. The van der Waals surface area contributed by atoms with Crippen LogP contribution in [0.1, 0.15) is 0 Å². The van der Waals surface area contributed by atoms with Gasteiger partial charge in [0.15, 0.2) is 0 Å². The first-order chi connectivity index (χ1) is 3.72. The Balaban J connectivity index is -0.0000000817. The molecule has 0 aromatic heterocycles. The van der Waals surface area contributed by atoms with Crippen LogP contribution < -0.4 is 59.1 Å². The van der Waals surface area contributed by atoms with Crippen LogP contribution in [-0.2, 0) is 25.3 Å². The van der Waals surface area contributed by atoms with Gasteiger partial charge in [-0.15, -0.1) is 9.81 Å². The predicted octanol–water partition coefficient (Wildman–Crippen LogP) is -6.48. The van der Waals surface area contributed by atoms with E-state index in [0.717, 1.165) is 0 Å². The number of hydrogen-bond acceptors (Lipinski definition) is 4. The van der Waals surface area contributed by atoms with E-state index < -0.39 is 0 Å². The van der Waals surface area contributed by atoms with E-state index in [1.807, 2.05) is 0 Å². The van der Waals surface area contributed by atoms with E-state index in [1.54, 1.807) is 12.1 Å². The SMILES string of the molecule is N#C/C([S-])=C(\[S-])C#N.O.[Na+].[Na+]. The minimum absolute atomic E-state index is 0. The molecule has 48 valence electrons. The van der Waals surface area contributed by atoms with Crippen molar-refractivity contribution in [3.63, 3.8) is 0 Å². The van der Waals surface area contributed by atoms with Crippen LogP contribution in [0.15, 0.2) is 9.81 Å². The van der Waals surface area contributed by atoms with E-state index in [4.69, 9.17) is 10.5 Å². The van der Waals surface area contributed by atoms with E-state index in [9.17, 15) is 0 Å². The van der Waals surface area contributed by atoms with Crippen molar-refractivity contribution in [3.8, 4) is 12.1 Å². The third-order valence-electron chi connectivity index (χ3n) is 0.409. The molecule has 0 saturated carbocycles. The van der Waals surface area contributed by atoms with Crippen molar-refractivity contribution in [2.45, 2.75) is 0 Å². The van der Waals surface area contributed by atoms with E-state index in [1.165, 1.54) is 0 Å². The van der Waals surface area contributed by atoms with Gasteiger partial charge in [0.2, 0.25) is 0 Å². The molecule has 0 amide bonds. The monoisotopic (exact) mass is 204 g/mol. The zero-order valence-corrected chi connectivity index (χ0v) is 11.8. The Morgan fingerprint density at radius 1 is 0.909 bits per heavy atom. The van der Waals surface area contributed by atoms with Crippen LogP contribution in [-0.4, -0.2) is 5.48 Å². The second kappa shape index (κ2) is 13.7. The molecule has 11 heavy (non-hydrogen) atoms. The normalized spacial score (nSPS) is 7.82. The van der Waals surface area contributed by atoms with E-state index in [2.05, 4.69) is 25.3 Å².